The molecule has 532 valence electrons. The van der Waals surface area contributed by atoms with Crippen LogP contribution in [0.25, 0.3) is 22.3 Å². The standard InChI is InChI=1S/C23H22N2O4.C21H21NO4.C20H18N2O3.C19H20N2O3/c1-27-18-8-6-16(7-9-18)21-14-20(24-29-21)22(26)25-12-10-23(11-13-25)19-5-3-2-4-17(19)15-28-23;23-20(15-5-6-18-19(13-15)25-12-11-24-18)22-9-7-21(8-10-22)17-4-2-1-3-16(17)14-26-21;23-19(18-15-6-2-4-8-17(15)25-21-18)22-11-9-20(10-12-22)16-7-3-1-5-14(16)13-24-20;22-18(16-11-17(24-20-16)13-5-6-13)21-9-7-19(8-10-21)15-4-2-1-3-14(15)12-23-19/h2-9,14H,10-13,15H2,1H3;1-6,13H,7-12,14H2;1-8H,9-13H2;1-4,11,13H,5-10,12H2. The summed E-state index contributed by atoms with van der Waals surface area (Å²) in [5, 5.41) is 12.8. The topological polar surface area (TPSA) is 224 Å². The van der Waals surface area contributed by atoms with E-state index in [0.29, 0.717) is 143 Å². The molecule has 4 saturated heterocycles. The maximum absolute atomic E-state index is 12.9. The molecule has 21 heteroatoms. The number of benzene rings is 7. The van der Waals surface area contributed by atoms with Crippen molar-refractivity contribution in [2.75, 3.05) is 72.7 Å². The third kappa shape index (κ3) is 12.8. The third-order valence-corrected chi connectivity index (χ3v) is 22.7. The van der Waals surface area contributed by atoms with E-state index in [-0.39, 0.29) is 46.0 Å². The molecule has 9 aliphatic heterocycles. The first-order valence-corrected chi connectivity index (χ1v) is 36.3. The summed E-state index contributed by atoms with van der Waals surface area (Å²) in [6.45, 7) is 9.12. The summed E-state index contributed by atoms with van der Waals surface area (Å²) >= 11 is 0. The van der Waals surface area contributed by atoms with E-state index in [4.69, 9.17) is 46.7 Å². The zero-order valence-electron chi connectivity index (χ0n) is 58.1. The minimum absolute atomic E-state index is 0.0215. The highest BCUT2D eigenvalue weighted by atomic mass is 16.6. The number of hydrogen-bond acceptors (Lipinski definition) is 17. The van der Waals surface area contributed by atoms with Gasteiger partial charge >= 0.3 is 0 Å². The van der Waals surface area contributed by atoms with Crippen LogP contribution in [0.2, 0.25) is 0 Å². The van der Waals surface area contributed by atoms with E-state index in [1.807, 2.05) is 92.4 Å². The number of rotatable bonds is 7. The summed E-state index contributed by atoms with van der Waals surface area (Å²) < 4.78 is 57.0. The van der Waals surface area contributed by atoms with Gasteiger partial charge in [0.1, 0.15) is 24.7 Å². The summed E-state index contributed by atoms with van der Waals surface area (Å²) in [7, 11) is 1.62. The van der Waals surface area contributed by atoms with E-state index in [1.54, 1.807) is 19.2 Å². The molecule has 10 aromatic rings. The van der Waals surface area contributed by atoms with Crippen molar-refractivity contribution in [1.29, 1.82) is 0 Å². The van der Waals surface area contributed by atoms with Crippen LogP contribution in [0.1, 0.15) is 162 Å². The Hall–Kier alpha value is -10.5. The molecule has 21 nitrogen and oxygen atoms in total. The lowest BCUT2D eigenvalue weighted by atomic mass is 9.83. The maximum atomic E-state index is 12.9. The average molecular weight is 1400 g/mol. The van der Waals surface area contributed by atoms with Gasteiger partial charge in [-0.05, 0) is 163 Å². The van der Waals surface area contributed by atoms with Gasteiger partial charge in [0.25, 0.3) is 23.6 Å². The highest BCUT2D eigenvalue weighted by Crippen LogP contribution is 2.49. The number of carbonyl (C=O) groups is 4. The van der Waals surface area contributed by atoms with E-state index in [1.165, 1.54) is 44.5 Å². The molecule has 7 aromatic carbocycles. The number of nitrogens with zero attached hydrogens (tertiary/aromatic N) is 7. The first-order valence-electron chi connectivity index (χ1n) is 36.3. The Morgan fingerprint density at radius 2 is 0.837 bits per heavy atom. The second-order valence-corrected chi connectivity index (χ2v) is 28.5. The molecule has 0 N–H and O–H groups in total. The summed E-state index contributed by atoms with van der Waals surface area (Å²) in [6.07, 6.45) is 8.83. The van der Waals surface area contributed by atoms with Crippen LogP contribution >= 0.6 is 0 Å². The lowest BCUT2D eigenvalue weighted by Crippen LogP contribution is -2.45. The number of fused-ring (bicyclic) bond motifs is 10. The predicted molar refractivity (Wildman–Crippen MR) is 381 cm³/mol. The molecule has 4 spiro atoms. The van der Waals surface area contributed by atoms with Crippen molar-refractivity contribution in [3.05, 3.63) is 249 Å². The highest BCUT2D eigenvalue weighted by Gasteiger charge is 2.48. The van der Waals surface area contributed by atoms with Gasteiger partial charge in [0, 0.05) is 81.5 Å². The molecule has 0 atom stereocenters. The van der Waals surface area contributed by atoms with Gasteiger partial charge in [-0.15, -0.1) is 0 Å². The van der Waals surface area contributed by atoms with Crippen molar-refractivity contribution in [2.45, 2.75) is 119 Å². The van der Waals surface area contributed by atoms with Crippen LogP contribution in [0.3, 0.4) is 0 Å². The number of carbonyl (C=O) groups excluding carboxylic acids is 4. The van der Waals surface area contributed by atoms with Crippen LogP contribution in [0.5, 0.6) is 17.2 Å². The first kappa shape index (κ1) is 66.8. The zero-order valence-corrected chi connectivity index (χ0v) is 58.1. The Balaban J connectivity index is 0.000000103. The predicted octanol–water partition coefficient (Wildman–Crippen LogP) is 13.8. The second-order valence-electron chi connectivity index (χ2n) is 28.5. The molecule has 1 aliphatic carbocycles. The lowest BCUT2D eigenvalue weighted by Gasteiger charge is -2.39. The molecular formula is C83H81N7O14. The van der Waals surface area contributed by atoms with Gasteiger partial charge in [-0.25, -0.2) is 0 Å². The quantitative estimate of drug-likeness (QED) is 0.145. The van der Waals surface area contributed by atoms with Crippen molar-refractivity contribution >= 4 is 34.6 Å². The normalized spacial score (nSPS) is 19.4. The summed E-state index contributed by atoms with van der Waals surface area (Å²) in [5.74, 6) is 3.90. The van der Waals surface area contributed by atoms with E-state index < -0.39 is 0 Å². The van der Waals surface area contributed by atoms with Gasteiger partial charge in [0.15, 0.2) is 39.9 Å². The van der Waals surface area contributed by atoms with E-state index in [9.17, 15) is 19.2 Å². The molecular weight excluding hydrogens is 1320 g/mol. The fourth-order valence-corrected chi connectivity index (χ4v) is 16.6. The molecule has 4 amide bonds. The first-order chi connectivity index (χ1) is 51.0. The Bertz CT molecular complexity index is 4830. The smallest absolute Gasteiger partial charge is 0.276 e. The van der Waals surface area contributed by atoms with Crippen molar-refractivity contribution in [2.24, 2.45) is 0 Å². The number of amides is 4. The number of aromatic nitrogens is 3. The van der Waals surface area contributed by atoms with Crippen LogP contribution in [0, 0.1) is 0 Å². The van der Waals surface area contributed by atoms with Crippen LogP contribution < -0.4 is 14.2 Å². The van der Waals surface area contributed by atoms with Crippen LogP contribution in [-0.2, 0) is 67.8 Å². The third-order valence-electron chi connectivity index (χ3n) is 22.7. The number of hydrogen-bond donors (Lipinski definition) is 0. The molecule has 5 fully saturated rings. The number of likely N-dealkylation sites (tertiary alicyclic amines) is 4. The summed E-state index contributed by atoms with van der Waals surface area (Å²) in [5.41, 5.74) is 12.6. The van der Waals surface area contributed by atoms with Crippen molar-refractivity contribution in [1.82, 2.24) is 35.1 Å². The van der Waals surface area contributed by atoms with Crippen LogP contribution in [-0.4, -0.2) is 131 Å². The second kappa shape index (κ2) is 28.0. The van der Waals surface area contributed by atoms with Gasteiger partial charge in [-0.1, -0.05) is 125 Å². The zero-order chi connectivity index (χ0) is 70.4. The molecule has 104 heavy (non-hydrogen) atoms. The number of para-hydroxylation sites is 1. The van der Waals surface area contributed by atoms with Crippen LogP contribution in [0.15, 0.2) is 189 Å². The van der Waals surface area contributed by atoms with E-state index in [2.05, 4.69) is 106 Å². The van der Waals surface area contributed by atoms with E-state index >= 15 is 0 Å². The molecule has 12 heterocycles. The van der Waals surface area contributed by atoms with Gasteiger partial charge in [-0.3, -0.25) is 19.2 Å². The fraction of sp³-hybridized carbons (Fsp3) is 0.361. The van der Waals surface area contributed by atoms with Crippen LogP contribution in [0.4, 0.5) is 0 Å². The van der Waals surface area contributed by atoms with Gasteiger partial charge < -0.3 is 66.3 Å². The fourth-order valence-electron chi connectivity index (χ4n) is 16.6. The Kier molecular flexibility index (Phi) is 18.0. The lowest BCUT2D eigenvalue weighted by molar-refractivity contribution is -0.0745. The number of ether oxygens (including phenoxy) is 7. The monoisotopic (exact) mass is 1400 g/mol. The molecule has 20 rings (SSSR count). The molecule has 0 bridgehead atoms. The molecule has 10 aliphatic rings. The van der Waals surface area contributed by atoms with E-state index in [0.717, 1.165) is 86.7 Å². The minimum atomic E-state index is -0.258. The number of piperidine rings is 4. The van der Waals surface area contributed by atoms with Crippen molar-refractivity contribution in [3.8, 4) is 28.6 Å². The van der Waals surface area contributed by atoms with Gasteiger partial charge in [-0.2, -0.15) is 0 Å². The number of methoxy groups -OCH3 is 1. The molecule has 1 saturated carbocycles. The Labute approximate surface area is 601 Å². The van der Waals surface area contributed by atoms with Crippen molar-refractivity contribution < 1.29 is 65.9 Å². The van der Waals surface area contributed by atoms with Gasteiger partial charge in [0.2, 0.25) is 0 Å². The average Bonchev–Trinajstić information content (AvgIpc) is 1.57. The SMILES string of the molecule is COc1ccc(-c2cc(C(=O)N3CCC4(CC3)OCc3ccccc34)no2)cc1.O=C(c1cc(C2CC2)on1)N1CCC2(CC1)OCc1ccccc12.O=C(c1ccc2c(c1)OCCO2)N1CCC2(CC1)OCc1ccccc12.O=C(c1noc2ccccc12)N1CCC2(CC1)OCc1ccccc12. The summed E-state index contributed by atoms with van der Waals surface area (Å²) in [4.78, 5) is 58.9. The largest absolute Gasteiger partial charge is 0.497 e. The highest BCUT2D eigenvalue weighted by molar-refractivity contribution is 6.04. The Morgan fingerprint density at radius 1 is 0.413 bits per heavy atom. The maximum Gasteiger partial charge on any atom is 0.276 e. The minimum Gasteiger partial charge on any atom is -0.497 e. The Morgan fingerprint density at radius 3 is 1.32 bits per heavy atom. The van der Waals surface area contributed by atoms with Crippen molar-refractivity contribution in [3.63, 3.8) is 0 Å². The molecule has 0 unspecified atom stereocenters. The summed E-state index contributed by atoms with van der Waals surface area (Å²) in [6, 6.07) is 57.5. The molecule has 0 radical (unpaired) electrons. The van der Waals surface area contributed by atoms with Gasteiger partial charge in [0.05, 0.1) is 61.3 Å². The molecule has 3 aromatic heterocycles.